The molecule has 1 amide bonds. The molecule has 5 rings (SSSR count). The Morgan fingerprint density at radius 2 is 2.00 bits per heavy atom. The number of halogens is 2. The minimum atomic E-state index is -0.288. The van der Waals surface area contributed by atoms with E-state index in [2.05, 4.69) is 53.8 Å². The average Bonchev–Trinajstić information content (AvgIpc) is 3.58. The lowest BCUT2D eigenvalue weighted by Gasteiger charge is -2.15. The van der Waals surface area contributed by atoms with Crippen molar-refractivity contribution in [2.45, 2.75) is 26.3 Å². The lowest BCUT2D eigenvalue weighted by Crippen LogP contribution is -2.23. The summed E-state index contributed by atoms with van der Waals surface area (Å²) >= 11 is 10.3. The van der Waals surface area contributed by atoms with Gasteiger partial charge in [0.15, 0.2) is 11.0 Å². The van der Waals surface area contributed by atoms with Crippen LogP contribution in [0.15, 0.2) is 51.7 Å². The van der Waals surface area contributed by atoms with Crippen molar-refractivity contribution >= 4 is 33.4 Å². The average molecular weight is 555 g/mol. The number of carbonyl (C=O) groups is 1. The van der Waals surface area contributed by atoms with E-state index in [9.17, 15) is 4.79 Å². The van der Waals surface area contributed by atoms with Crippen molar-refractivity contribution < 1.29 is 9.21 Å². The fraction of sp³-hybridized carbons (Fsp3) is 0.208. The summed E-state index contributed by atoms with van der Waals surface area (Å²) in [6.45, 7) is 2.44. The number of nitrogens with one attached hydrogen (secondary N) is 2. The number of carbonyl (C=O) groups excluding carboxylic acids is 1. The summed E-state index contributed by atoms with van der Waals surface area (Å²) in [4.78, 5) is 17.3. The molecule has 3 heterocycles. The molecule has 0 spiro atoms. The van der Waals surface area contributed by atoms with E-state index in [1.165, 1.54) is 0 Å². The van der Waals surface area contributed by atoms with E-state index in [-0.39, 0.29) is 11.1 Å². The van der Waals surface area contributed by atoms with Gasteiger partial charge < -0.3 is 14.3 Å². The normalized spacial score (nSPS) is 11.3. The molecule has 11 heteroatoms. The minimum Gasteiger partial charge on any atom is -0.472 e. The maximum atomic E-state index is 12.8. The number of hydrogen-bond acceptors (Lipinski definition) is 6. The van der Waals surface area contributed by atoms with Gasteiger partial charge in [0.25, 0.3) is 5.91 Å². The fourth-order valence-electron chi connectivity index (χ4n) is 4.37. The molecule has 0 atom stereocenters. The fourth-order valence-corrected chi connectivity index (χ4v) is 5.42. The van der Waals surface area contributed by atoms with Gasteiger partial charge in [-0.15, -0.1) is 5.10 Å². The number of tetrazole rings is 1. The smallest absolute Gasteiger partial charge is 0.270 e. The van der Waals surface area contributed by atoms with E-state index in [1.54, 1.807) is 19.6 Å². The molecule has 3 aromatic rings. The first-order chi connectivity index (χ1) is 17.0. The van der Waals surface area contributed by atoms with Crippen molar-refractivity contribution in [2.75, 3.05) is 7.05 Å². The van der Waals surface area contributed by atoms with Gasteiger partial charge in [-0.25, -0.2) is 10.1 Å². The van der Waals surface area contributed by atoms with Crippen LogP contribution in [-0.4, -0.2) is 43.1 Å². The quantitative estimate of drug-likeness (QED) is 0.286. The van der Waals surface area contributed by atoms with Gasteiger partial charge in [-0.05, 0) is 55.5 Å². The third-order valence-corrected chi connectivity index (χ3v) is 6.99. The molecule has 0 saturated carbocycles. The number of aromatic amines is 1. The van der Waals surface area contributed by atoms with E-state index in [1.807, 2.05) is 34.9 Å². The largest absolute Gasteiger partial charge is 0.472 e. The summed E-state index contributed by atoms with van der Waals surface area (Å²) in [6.07, 6.45) is 4.89. The van der Waals surface area contributed by atoms with E-state index in [0.29, 0.717) is 24.5 Å². The Kier molecular flexibility index (Phi) is 6.40. The Labute approximate surface area is 214 Å². The van der Waals surface area contributed by atoms with Crippen LogP contribution in [-0.2, 0) is 13.0 Å². The van der Waals surface area contributed by atoms with Crippen LogP contribution in [0.5, 0.6) is 0 Å². The van der Waals surface area contributed by atoms with Gasteiger partial charge in [-0.3, -0.25) is 4.79 Å². The highest BCUT2D eigenvalue weighted by Gasteiger charge is 2.28. The van der Waals surface area contributed by atoms with Gasteiger partial charge in [0.05, 0.1) is 19.1 Å². The lowest BCUT2D eigenvalue weighted by molar-refractivity contribution is 0.0954. The summed E-state index contributed by atoms with van der Waals surface area (Å²) in [6, 6.07) is 9.81. The first-order valence-corrected chi connectivity index (χ1v) is 12.2. The number of imidazole rings is 1. The van der Waals surface area contributed by atoms with Crippen LogP contribution in [0.1, 0.15) is 35.2 Å². The summed E-state index contributed by atoms with van der Waals surface area (Å²) in [7, 11) is 1.58. The van der Waals surface area contributed by atoms with E-state index in [4.69, 9.17) is 16.0 Å². The highest BCUT2D eigenvalue weighted by molar-refractivity contribution is 9.10. The maximum absolute atomic E-state index is 12.8. The predicted molar refractivity (Wildman–Crippen MR) is 135 cm³/mol. The summed E-state index contributed by atoms with van der Waals surface area (Å²) in [5, 5.41) is 17.3. The molecule has 0 unspecified atom stereocenters. The molecule has 9 nitrogen and oxygen atoms in total. The zero-order valence-corrected chi connectivity index (χ0v) is 21.3. The zero-order chi connectivity index (χ0) is 24.5. The Bertz CT molecular complexity index is 1480. The second-order valence-corrected chi connectivity index (χ2v) is 9.08. The van der Waals surface area contributed by atoms with Gasteiger partial charge in [0, 0.05) is 34.6 Å². The Morgan fingerprint density at radius 3 is 2.71 bits per heavy atom. The molecule has 1 aliphatic heterocycles. The molecule has 0 saturated heterocycles. The van der Waals surface area contributed by atoms with Crippen molar-refractivity contribution in [1.82, 2.24) is 35.5 Å². The molecule has 1 aliphatic carbocycles. The molecule has 35 heavy (non-hydrogen) atoms. The Balaban J connectivity index is 1.77. The van der Waals surface area contributed by atoms with Crippen LogP contribution < -0.4 is 5.32 Å². The summed E-state index contributed by atoms with van der Waals surface area (Å²) in [5.74, 6) is 1.02. The van der Waals surface area contributed by atoms with E-state index >= 15 is 0 Å². The first kappa shape index (κ1) is 23.3. The molecule has 2 aliphatic rings. The molecular formula is C24H21BrClN7O2. The van der Waals surface area contributed by atoms with Crippen molar-refractivity contribution in [3.63, 3.8) is 0 Å². The van der Waals surface area contributed by atoms with Gasteiger partial charge in [-0.2, -0.15) is 0 Å². The third kappa shape index (κ3) is 4.02. The number of H-pyrrole nitrogens is 1. The first-order valence-electron chi connectivity index (χ1n) is 11.0. The van der Waals surface area contributed by atoms with Crippen LogP contribution in [0, 0.1) is 0 Å². The number of hydrogen-bond donors (Lipinski definition) is 2. The second-order valence-electron chi connectivity index (χ2n) is 7.93. The number of fused-ring (bicyclic) bond motifs is 1. The lowest BCUT2D eigenvalue weighted by atomic mass is 9.97. The molecule has 0 bridgehead atoms. The molecule has 2 N–H and O–H groups in total. The van der Waals surface area contributed by atoms with Gasteiger partial charge >= 0.3 is 0 Å². The van der Waals surface area contributed by atoms with Crippen LogP contribution in [0.4, 0.5) is 0 Å². The zero-order valence-electron chi connectivity index (χ0n) is 19.0. The number of aryl methyl sites for hydroxylation is 1. The molecule has 0 radical (unpaired) electrons. The van der Waals surface area contributed by atoms with Gasteiger partial charge in [0.2, 0.25) is 0 Å². The second kappa shape index (κ2) is 9.63. The highest BCUT2D eigenvalue weighted by Crippen LogP contribution is 2.48. The van der Waals surface area contributed by atoms with E-state index in [0.717, 1.165) is 50.1 Å². The van der Waals surface area contributed by atoms with Crippen LogP contribution in [0.25, 0.3) is 33.6 Å². The highest BCUT2D eigenvalue weighted by atomic mass is 79.9. The molecular weight excluding hydrogens is 534 g/mol. The van der Waals surface area contributed by atoms with Crippen LogP contribution in [0.3, 0.4) is 0 Å². The molecule has 178 valence electrons. The number of rotatable bonds is 7. The summed E-state index contributed by atoms with van der Waals surface area (Å²) < 4.78 is 8.27. The van der Waals surface area contributed by atoms with Crippen molar-refractivity contribution in [3.8, 4) is 33.6 Å². The predicted octanol–water partition coefficient (Wildman–Crippen LogP) is 5.20. The van der Waals surface area contributed by atoms with Crippen LogP contribution >= 0.6 is 27.5 Å². The molecule has 0 fully saturated rings. The monoisotopic (exact) mass is 553 g/mol. The SMILES string of the molecule is CCCc1nc(Cl)c(C(=O)NC)n1Cc1c2ccocc-2c(Br)c1-c1ccccc1-c1nnn[nH]1. The maximum Gasteiger partial charge on any atom is 0.270 e. The van der Waals surface area contributed by atoms with Gasteiger partial charge in [-0.1, -0.05) is 42.8 Å². The minimum absolute atomic E-state index is 0.187. The van der Waals surface area contributed by atoms with Gasteiger partial charge in [0.1, 0.15) is 11.5 Å². The number of benzene rings is 1. The molecule has 2 aromatic heterocycles. The van der Waals surface area contributed by atoms with E-state index < -0.39 is 0 Å². The molecule has 1 aromatic carbocycles. The van der Waals surface area contributed by atoms with Crippen LogP contribution in [0.2, 0.25) is 5.15 Å². The standard InChI is InChI=1S/C24H21BrClN7O2/c1-3-6-18-28-22(26)21(24(34)27-2)33(18)11-16-13-9-10-35-12-17(13)20(25)19(16)14-7-4-5-8-15(14)23-29-31-32-30-23/h4-5,7-10,12H,3,6,11H2,1-2H3,(H,27,34)(H,29,30,31,32). The van der Waals surface area contributed by atoms with Crippen molar-refractivity contribution in [2.24, 2.45) is 0 Å². The Hall–Kier alpha value is -3.50. The van der Waals surface area contributed by atoms with Crippen molar-refractivity contribution in [3.05, 3.63) is 69.6 Å². The third-order valence-electron chi connectivity index (χ3n) is 5.91. The summed E-state index contributed by atoms with van der Waals surface area (Å²) in [5.41, 5.74) is 5.93. The number of nitrogens with zero attached hydrogens (tertiary/aromatic N) is 5. The van der Waals surface area contributed by atoms with Crippen molar-refractivity contribution in [1.29, 1.82) is 0 Å². The number of amides is 1. The number of aromatic nitrogens is 6. The Morgan fingerprint density at radius 1 is 1.20 bits per heavy atom. The topological polar surface area (TPSA) is 115 Å².